The van der Waals surface area contributed by atoms with Gasteiger partial charge in [-0.2, -0.15) is 0 Å². The van der Waals surface area contributed by atoms with Crippen LogP contribution in [0, 0.1) is 45.3 Å². The van der Waals surface area contributed by atoms with Gasteiger partial charge in [-0.25, -0.2) is 0 Å². The summed E-state index contributed by atoms with van der Waals surface area (Å²) < 4.78 is 5.07. The highest BCUT2D eigenvalue weighted by molar-refractivity contribution is 6.45. The van der Waals surface area contributed by atoms with E-state index in [9.17, 15) is 0 Å². The van der Waals surface area contributed by atoms with Gasteiger partial charge in [-0.05, 0) is 219 Å². The van der Waals surface area contributed by atoms with E-state index in [-0.39, 0.29) is 45.3 Å². The van der Waals surface area contributed by atoms with Crippen molar-refractivity contribution in [3.05, 3.63) is 93.0 Å². The molecule has 4 heterocycles. The number of hydrogen-bond donors (Lipinski definition) is 0. The van der Waals surface area contributed by atoms with Gasteiger partial charge in [-0.15, -0.1) is 0 Å². The normalized spacial score (nSPS) is 33.9. The lowest BCUT2D eigenvalue weighted by Crippen LogP contribution is -2.39. The van der Waals surface area contributed by atoms with Crippen molar-refractivity contribution in [2.45, 2.75) is 207 Å². The molecule has 6 nitrogen and oxygen atoms in total. The van der Waals surface area contributed by atoms with Crippen LogP contribution in [0.1, 0.15) is 250 Å². The van der Waals surface area contributed by atoms with Crippen LogP contribution < -0.4 is 0 Å². The van der Waals surface area contributed by atoms with E-state index in [2.05, 4.69) is 140 Å². The molecule has 0 spiro atoms. The lowest BCUT2D eigenvalue weighted by molar-refractivity contribution is 0.0537. The van der Waals surface area contributed by atoms with Crippen molar-refractivity contribution >= 4 is 99.3 Å². The van der Waals surface area contributed by atoms with Crippen LogP contribution in [0.3, 0.4) is 0 Å². The molecule has 4 aromatic heterocycles. The molecule has 6 heteroatoms. The summed E-state index contributed by atoms with van der Waals surface area (Å²) in [7, 11) is 0. The molecular weight excluding hydrogens is 981 g/mol. The molecule has 0 atom stereocenters. The Morgan fingerprint density at radius 1 is 0.300 bits per heavy atom. The van der Waals surface area contributed by atoms with Gasteiger partial charge in [0.15, 0.2) is 23.1 Å². The monoisotopic (exact) mass is 1060 g/mol. The molecular formula is C74H80N2O4. The van der Waals surface area contributed by atoms with Gasteiger partial charge in [-0.3, -0.25) is 19.2 Å². The molecule has 9 aromatic rings. The van der Waals surface area contributed by atoms with Crippen molar-refractivity contribution in [3.8, 4) is 0 Å². The number of ketones is 4. The minimum atomic E-state index is -0.399. The van der Waals surface area contributed by atoms with E-state index in [0.29, 0.717) is 23.1 Å². The molecule has 12 aliphatic carbocycles. The number of aromatic nitrogens is 2. The Hall–Kier alpha value is -5.62. The molecule has 21 rings (SSSR count). The molecule has 410 valence electrons. The van der Waals surface area contributed by atoms with Gasteiger partial charge in [0, 0.05) is 87.0 Å². The maximum atomic E-state index is 15.7. The summed E-state index contributed by atoms with van der Waals surface area (Å²) in [6.07, 6.45) is 15.1. The van der Waals surface area contributed by atoms with Crippen LogP contribution in [0.4, 0.5) is 0 Å². The number of carbonyl (C=O) groups is 4. The second-order valence-electron chi connectivity index (χ2n) is 31.3. The average molecular weight is 1060 g/mol. The van der Waals surface area contributed by atoms with Gasteiger partial charge in [0.2, 0.25) is 0 Å². The van der Waals surface area contributed by atoms with Crippen LogP contribution in [0.5, 0.6) is 0 Å². The van der Waals surface area contributed by atoms with E-state index >= 15 is 19.2 Å². The predicted molar refractivity (Wildman–Crippen MR) is 325 cm³/mol. The molecule has 80 heavy (non-hydrogen) atoms. The predicted octanol–water partition coefficient (Wildman–Crippen LogP) is 18.7. The van der Waals surface area contributed by atoms with E-state index in [1.54, 1.807) is 0 Å². The van der Waals surface area contributed by atoms with Crippen LogP contribution in [-0.2, 0) is 21.7 Å². The topological polar surface area (TPSA) is 77.1 Å². The van der Waals surface area contributed by atoms with E-state index < -0.39 is 21.7 Å². The Morgan fingerprint density at radius 3 is 0.662 bits per heavy atom. The number of Topliss-reactive ketones (excluding diaryl/α,β-unsaturated/α-hetero) is 4. The number of rotatable bonds is 4. The van der Waals surface area contributed by atoms with Gasteiger partial charge >= 0.3 is 0 Å². The van der Waals surface area contributed by atoms with Gasteiger partial charge in [0.1, 0.15) is 0 Å². The first-order chi connectivity index (χ1) is 37.9. The number of fused-ring (bicyclic) bond motifs is 22. The summed E-state index contributed by atoms with van der Waals surface area (Å²) in [4.78, 5) is 62.9. The van der Waals surface area contributed by atoms with Gasteiger partial charge in [0.25, 0.3) is 0 Å². The van der Waals surface area contributed by atoms with Crippen molar-refractivity contribution in [1.29, 1.82) is 0 Å². The molecule has 0 saturated heterocycles. The lowest BCUT2D eigenvalue weighted by Gasteiger charge is -2.42. The summed E-state index contributed by atoms with van der Waals surface area (Å²) in [6, 6.07) is 19.3. The maximum Gasteiger partial charge on any atom is 0.169 e. The Kier molecular flexibility index (Phi) is 8.94. The molecule has 12 aliphatic rings. The Balaban J connectivity index is 1.12. The summed E-state index contributed by atoms with van der Waals surface area (Å²) in [5, 5.41) is 9.52. The number of hydrogen-bond acceptors (Lipinski definition) is 4. The van der Waals surface area contributed by atoms with Crippen molar-refractivity contribution in [2.24, 2.45) is 45.3 Å². The molecule has 8 bridgehead atoms. The zero-order chi connectivity index (χ0) is 55.4. The van der Waals surface area contributed by atoms with E-state index in [1.807, 2.05) is 0 Å². The molecule has 0 N–H and O–H groups in total. The molecule has 0 aliphatic heterocycles. The van der Waals surface area contributed by atoms with Gasteiger partial charge in [-0.1, -0.05) is 83.1 Å². The Labute approximate surface area is 470 Å². The van der Waals surface area contributed by atoms with Crippen molar-refractivity contribution in [2.75, 3.05) is 0 Å². The third-order valence-corrected chi connectivity index (χ3v) is 27.3. The largest absolute Gasteiger partial charge is 0.308 e. The molecule has 0 radical (unpaired) electrons. The Bertz CT molecular complexity index is 3860. The number of nitrogens with zero attached hydrogens (tertiary/aromatic N) is 2. The fourth-order valence-corrected chi connectivity index (χ4v) is 21.0. The van der Waals surface area contributed by atoms with Crippen molar-refractivity contribution < 1.29 is 19.2 Å². The summed E-state index contributed by atoms with van der Waals surface area (Å²) in [6.45, 7) is 27.9. The fraction of sp³-hybridized carbons (Fsp3) is 0.541. The smallest absolute Gasteiger partial charge is 0.169 e. The summed E-state index contributed by atoms with van der Waals surface area (Å²) >= 11 is 0. The van der Waals surface area contributed by atoms with E-state index in [0.717, 1.165) is 147 Å². The van der Waals surface area contributed by atoms with Crippen molar-refractivity contribution in [1.82, 2.24) is 8.80 Å². The summed E-state index contributed by atoms with van der Waals surface area (Å²) in [5.74, 6) is 2.14. The highest BCUT2D eigenvalue weighted by atomic mass is 16.1. The standard InChI is InChI=1S/C74H80N2O4/c1-37(2)71-21-13-67(9,14-22-71)49-29-45-53(33-41(49)63(71)77)75-54-34-42-50(68(10)15-23-72(24-16-68,38(3)4)64(42)78)30-46(54)59-60-48-32-52-44(66(80)74(40(7)8)27-19-70(52,12)20-28-74)36-56(48)76-55-35-43-51(31-47(55)58(62(60)76)57(45)61(59)75)69(11)17-25-73(26-18-69,39(5)6)65(43)79/h29-40H,13-28H2,1-12H3. The van der Waals surface area contributed by atoms with E-state index in [1.165, 1.54) is 76.4 Å². The molecule has 4 saturated carbocycles. The summed E-state index contributed by atoms with van der Waals surface area (Å²) in [5.41, 5.74) is 12.7. The lowest BCUT2D eigenvalue weighted by atomic mass is 9.60. The number of benzene rings is 5. The highest BCUT2D eigenvalue weighted by Gasteiger charge is 2.57. The zero-order valence-electron chi connectivity index (χ0n) is 49.8. The van der Waals surface area contributed by atoms with E-state index in [4.69, 9.17) is 0 Å². The van der Waals surface area contributed by atoms with Crippen molar-refractivity contribution in [3.63, 3.8) is 0 Å². The first-order valence-corrected chi connectivity index (χ1v) is 31.7. The first kappa shape index (κ1) is 49.0. The minimum absolute atomic E-state index is 0.154. The van der Waals surface area contributed by atoms with Crippen LogP contribution in [-0.4, -0.2) is 31.9 Å². The quantitative estimate of drug-likeness (QED) is 0.176. The zero-order valence-corrected chi connectivity index (χ0v) is 49.8. The number of carbonyl (C=O) groups excluding carboxylic acids is 4. The fourth-order valence-electron chi connectivity index (χ4n) is 21.0. The average Bonchev–Trinajstić information content (AvgIpc) is 1.82. The van der Waals surface area contributed by atoms with Crippen LogP contribution in [0.15, 0.2) is 48.5 Å². The maximum absolute atomic E-state index is 15.7. The van der Waals surface area contributed by atoms with Crippen LogP contribution >= 0.6 is 0 Å². The Morgan fingerprint density at radius 2 is 0.487 bits per heavy atom. The SMILES string of the molecule is CC(C)C12CCC(C)(CC1)c1cc3c4c5c6cc7c(cc6n6c8cc9c(cc8c(c8c%10cc%11c(cc%10n(c3cc1C2=O)c48)C(=O)C1(C(C)C)CCC%11(C)CC1)c56)C1(C)CCC(C(C)C)(CC1)C9=O)C(=O)C1(C(C)C)CCC7(C)CC1. The van der Waals surface area contributed by atoms with Crippen LogP contribution in [0.25, 0.3) is 76.2 Å². The molecule has 0 unspecified atom stereocenters. The third kappa shape index (κ3) is 5.20. The molecule has 0 amide bonds. The third-order valence-electron chi connectivity index (χ3n) is 27.3. The second-order valence-corrected chi connectivity index (χ2v) is 31.3. The second kappa shape index (κ2) is 14.6. The van der Waals surface area contributed by atoms with Crippen LogP contribution in [0.2, 0.25) is 0 Å². The minimum Gasteiger partial charge on any atom is -0.308 e. The van der Waals surface area contributed by atoms with Gasteiger partial charge < -0.3 is 8.80 Å². The molecule has 5 aromatic carbocycles. The van der Waals surface area contributed by atoms with Gasteiger partial charge in [0.05, 0.1) is 33.1 Å². The molecule has 4 fully saturated rings. The highest BCUT2D eigenvalue weighted by Crippen LogP contribution is 2.64. The first-order valence-electron chi connectivity index (χ1n) is 31.7.